The molecular formula is C19H30N4O2. The van der Waals surface area contributed by atoms with E-state index in [0.717, 1.165) is 16.7 Å². The summed E-state index contributed by atoms with van der Waals surface area (Å²) in [4.78, 5) is 17.5. The van der Waals surface area contributed by atoms with Crippen molar-refractivity contribution in [1.29, 1.82) is 0 Å². The van der Waals surface area contributed by atoms with Crippen LogP contribution in [0.4, 0.5) is 0 Å². The van der Waals surface area contributed by atoms with Gasteiger partial charge in [0.25, 0.3) is 5.91 Å². The minimum absolute atomic E-state index is 0.116. The Morgan fingerprint density at radius 2 is 1.92 bits per heavy atom. The predicted octanol–water partition coefficient (Wildman–Crippen LogP) is 3.27. The zero-order valence-corrected chi connectivity index (χ0v) is 16.1. The number of nitrogens with one attached hydrogen (secondary N) is 1. The Hall–Kier alpha value is -1.95. The van der Waals surface area contributed by atoms with Crippen LogP contribution in [-0.4, -0.2) is 38.4 Å². The number of aliphatic hydroxyl groups is 1. The summed E-state index contributed by atoms with van der Waals surface area (Å²) in [6.07, 6.45) is 2.02. The highest BCUT2D eigenvalue weighted by Gasteiger charge is 2.19. The van der Waals surface area contributed by atoms with Crippen molar-refractivity contribution in [2.24, 2.45) is 5.92 Å². The number of carbonyl (C=O) groups is 1. The second kappa shape index (κ2) is 7.95. The van der Waals surface area contributed by atoms with Gasteiger partial charge in [-0.2, -0.15) is 5.10 Å². The van der Waals surface area contributed by atoms with E-state index in [1.165, 1.54) is 0 Å². The SMILES string of the molecule is CC(O)CC(C)CNC(=O)c1cc(C(C)C)nc2c1cnn2C(C)C. The Morgan fingerprint density at radius 3 is 2.48 bits per heavy atom. The minimum atomic E-state index is -0.364. The van der Waals surface area contributed by atoms with Crippen LogP contribution in [0.1, 0.15) is 76.0 Å². The number of hydrogen-bond donors (Lipinski definition) is 2. The molecular weight excluding hydrogens is 316 g/mol. The summed E-state index contributed by atoms with van der Waals surface area (Å²) in [5, 5.41) is 17.6. The fourth-order valence-electron chi connectivity index (χ4n) is 2.93. The van der Waals surface area contributed by atoms with Crippen LogP contribution in [0.2, 0.25) is 0 Å². The van der Waals surface area contributed by atoms with Crippen LogP contribution >= 0.6 is 0 Å². The molecule has 0 saturated heterocycles. The Morgan fingerprint density at radius 1 is 1.24 bits per heavy atom. The molecule has 25 heavy (non-hydrogen) atoms. The highest BCUT2D eigenvalue weighted by molar-refractivity contribution is 6.05. The van der Waals surface area contributed by atoms with Crippen LogP contribution in [0.15, 0.2) is 12.3 Å². The van der Waals surface area contributed by atoms with Gasteiger partial charge in [0.05, 0.1) is 23.3 Å². The molecule has 0 aliphatic rings. The van der Waals surface area contributed by atoms with Crippen LogP contribution in [0.3, 0.4) is 0 Å². The molecule has 0 spiro atoms. The van der Waals surface area contributed by atoms with E-state index in [0.29, 0.717) is 18.5 Å². The summed E-state index contributed by atoms with van der Waals surface area (Å²) in [5.74, 6) is 0.319. The second-order valence-electron chi connectivity index (χ2n) is 7.57. The van der Waals surface area contributed by atoms with E-state index in [2.05, 4.69) is 24.3 Å². The first kappa shape index (κ1) is 19.4. The Labute approximate surface area is 149 Å². The summed E-state index contributed by atoms with van der Waals surface area (Å²) in [6, 6.07) is 2.04. The van der Waals surface area contributed by atoms with Gasteiger partial charge in [-0.3, -0.25) is 4.79 Å². The number of fused-ring (bicyclic) bond motifs is 1. The largest absolute Gasteiger partial charge is 0.393 e. The number of rotatable bonds is 7. The third-order valence-electron chi connectivity index (χ3n) is 4.27. The van der Waals surface area contributed by atoms with Crippen molar-refractivity contribution in [3.8, 4) is 0 Å². The van der Waals surface area contributed by atoms with Gasteiger partial charge in [-0.15, -0.1) is 0 Å². The van der Waals surface area contributed by atoms with E-state index in [4.69, 9.17) is 4.98 Å². The molecule has 0 radical (unpaired) electrons. The third kappa shape index (κ3) is 4.57. The lowest BCUT2D eigenvalue weighted by atomic mass is 10.0. The monoisotopic (exact) mass is 346 g/mol. The fraction of sp³-hybridized carbons (Fsp3) is 0.632. The molecule has 2 atom stereocenters. The van der Waals surface area contributed by atoms with Gasteiger partial charge in [0, 0.05) is 18.3 Å². The maximum atomic E-state index is 12.8. The van der Waals surface area contributed by atoms with Crippen LogP contribution in [0, 0.1) is 5.92 Å². The number of carbonyl (C=O) groups excluding carboxylic acids is 1. The molecule has 138 valence electrons. The molecule has 6 nitrogen and oxygen atoms in total. The van der Waals surface area contributed by atoms with E-state index in [-0.39, 0.29) is 29.9 Å². The molecule has 0 aromatic carbocycles. The fourth-order valence-corrected chi connectivity index (χ4v) is 2.93. The average molecular weight is 346 g/mol. The van der Waals surface area contributed by atoms with Crippen molar-refractivity contribution in [3.05, 3.63) is 23.5 Å². The molecule has 2 rings (SSSR count). The van der Waals surface area contributed by atoms with Gasteiger partial charge in [0.15, 0.2) is 5.65 Å². The molecule has 2 unspecified atom stereocenters. The van der Waals surface area contributed by atoms with Crippen LogP contribution in [0.5, 0.6) is 0 Å². The number of aromatic nitrogens is 3. The van der Waals surface area contributed by atoms with Crippen molar-refractivity contribution in [2.45, 2.75) is 66.0 Å². The molecule has 1 amide bonds. The van der Waals surface area contributed by atoms with Gasteiger partial charge in [0.2, 0.25) is 0 Å². The minimum Gasteiger partial charge on any atom is -0.393 e. The van der Waals surface area contributed by atoms with Gasteiger partial charge < -0.3 is 10.4 Å². The summed E-state index contributed by atoms with van der Waals surface area (Å²) in [7, 11) is 0. The topological polar surface area (TPSA) is 80.0 Å². The Kier molecular flexibility index (Phi) is 6.16. The first-order chi connectivity index (χ1) is 11.7. The van der Waals surface area contributed by atoms with E-state index >= 15 is 0 Å². The molecule has 2 N–H and O–H groups in total. The Balaban J connectivity index is 2.34. The maximum absolute atomic E-state index is 12.8. The van der Waals surface area contributed by atoms with Gasteiger partial charge in [-0.05, 0) is 45.1 Å². The normalized spacial score (nSPS) is 14.3. The number of hydrogen-bond acceptors (Lipinski definition) is 4. The van der Waals surface area contributed by atoms with E-state index in [1.54, 1.807) is 13.1 Å². The summed E-state index contributed by atoms with van der Waals surface area (Å²) in [6.45, 7) is 12.5. The zero-order chi connectivity index (χ0) is 18.7. The van der Waals surface area contributed by atoms with E-state index in [9.17, 15) is 9.90 Å². The molecule has 2 aromatic rings. The van der Waals surface area contributed by atoms with Gasteiger partial charge in [-0.25, -0.2) is 9.67 Å². The summed E-state index contributed by atoms with van der Waals surface area (Å²) < 4.78 is 1.86. The standard InChI is InChI=1S/C19H30N4O2/c1-11(2)17-8-15(19(25)20-9-13(5)7-14(6)24)16-10-21-23(12(3)4)18(16)22-17/h8,10-14,24H,7,9H2,1-6H3,(H,20,25). The van der Waals surface area contributed by atoms with E-state index in [1.807, 2.05) is 31.5 Å². The first-order valence-electron chi connectivity index (χ1n) is 9.05. The van der Waals surface area contributed by atoms with Crippen molar-refractivity contribution >= 4 is 16.9 Å². The van der Waals surface area contributed by atoms with Crippen LogP contribution < -0.4 is 5.32 Å². The molecule has 0 fully saturated rings. The van der Waals surface area contributed by atoms with Crippen LogP contribution in [0.25, 0.3) is 11.0 Å². The number of aliphatic hydroxyl groups excluding tert-OH is 1. The van der Waals surface area contributed by atoms with Gasteiger partial charge in [-0.1, -0.05) is 20.8 Å². The van der Waals surface area contributed by atoms with Crippen molar-refractivity contribution in [2.75, 3.05) is 6.54 Å². The predicted molar refractivity (Wildman–Crippen MR) is 99.8 cm³/mol. The highest BCUT2D eigenvalue weighted by atomic mass is 16.3. The molecule has 0 bridgehead atoms. The lowest BCUT2D eigenvalue weighted by Gasteiger charge is -2.15. The number of pyridine rings is 1. The second-order valence-corrected chi connectivity index (χ2v) is 7.57. The van der Waals surface area contributed by atoms with Crippen molar-refractivity contribution < 1.29 is 9.90 Å². The maximum Gasteiger partial charge on any atom is 0.252 e. The number of amides is 1. The average Bonchev–Trinajstić information content (AvgIpc) is 2.94. The number of nitrogens with zero attached hydrogens (tertiary/aromatic N) is 3. The zero-order valence-electron chi connectivity index (χ0n) is 16.1. The summed E-state index contributed by atoms with van der Waals surface area (Å²) in [5.41, 5.74) is 2.25. The Bertz CT molecular complexity index is 734. The first-order valence-corrected chi connectivity index (χ1v) is 9.05. The molecule has 0 aliphatic carbocycles. The van der Waals surface area contributed by atoms with Crippen LogP contribution in [-0.2, 0) is 0 Å². The lowest BCUT2D eigenvalue weighted by Crippen LogP contribution is -2.29. The molecule has 6 heteroatoms. The van der Waals surface area contributed by atoms with E-state index < -0.39 is 0 Å². The summed E-state index contributed by atoms with van der Waals surface area (Å²) >= 11 is 0. The molecule has 0 saturated carbocycles. The molecule has 2 heterocycles. The molecule has 2 aromatic heterocycles. The third-order valence-corrected chi connectivity index (χ3v) is 4.27. The van der Waals surface area contributed by atoms with Crippen molar-refractivity contribution in [1.82, 2.24) is 20.1 Å². The highest BCUT2D eigenvalue weighted by Crippen LogP contribution is 2.24. The van der Waals surface area contributed by atoms with Gasteiger partial charge >= 0.3 is 0 Å². The molecule has 0 aliphatic heterocycles. The smallest absolute Gasteiger partial charge is 0.252 e. The lowest BCUT2D eigenvalue weighted by molar-refractivity contribution is 0.0941. The van der Waals surface area contributed by atoms with Crippen molar-refractivity contribution in [3.63, 3.8) is 0 Å². The van der Waals surface area contributed by atoms with Gasteiger partial charge in [0.1, 0.15) is 0 Å². The quantitative estimate of drug-likeness (QED) is 0.806.